The Balaban J connectivity index is 2.31. The number of aromatic carboxylic acids is 1. The Morgan fingerprint density at radius 3 is 2.67 bits per heavy atom. The summed E-state index contributed by atoms with van der Waals surface area (Å²) in [5.74, 6) is -1.02. The van der Waals surface area contributed by atoms with E-state index in [-0.39, 0.29) is 5.56 Å². The molecule has 0 spiro atoms. The van der Waals surface area contributed by atoms with Crippen molar-refractivity contribution < 1.29 is 9.90 Å². The fourth-order valence-corrected chi connectivity index (χ4v) is 2.39. The molecule has 0 fully saturated rings. The van der Waals surface area contributed by atoms with Crippen molar-refractivity contribution in [2.24, 2.45) is 0 Å². The quantitative estimate of drug-likeness (QED) is 0.848. The molecular formula is C16H17ClN2O2. The fourth-order valence-electron chi connectivity index (χ4n) is 2.18. The Morgan fingerprint density at radius 2 is 2.05 bits per heavy atom. The van der Waals surface area contributed by atoms with Crippen LogP contribution in [0.25, 0.3) is 0 Å². The lowest BCUT2D eigenvalue weighted by Gasteiger charge is -2.21. The third-order valence-corrected chi connectivity index (χ3v) is 3.59. The second-order valence-corrected chi connectivity index (χ2v) is 5.45. The molecule has 0 bridgehead atoms. The number of anilines is 2. The number of nitrogens with zero attached hydrogens (tertiary/aromatic N) is 1. The monoisotopic (exact) mass is 304 g/mol. The third-order valence-electron chi connectivity index (χ3n) is 3.35. The first kappa shape index (κ1) is 15.2. The molecule has 0 aliphatic heterocycles. The Hall–Kier alpha value is -2.20. The molecule has 0 unspecified atom stereocenters. The number of nitrogens with two attached hydrogens (primary N) is 1. The van der Waals surface area contributed by atoms with Crippen LogP contribution < -0.4 is 10.6 Å². The molecule has 3 N–H and O–H groups in total. The first-order valence-electron chi connectivity index (χ1n) is 6.47. The molecule has 0 aliphatic carbocycles. The van der Waals surface area contributed by atoms with Crippen LogP contribution in [0.4, 0.5) is 11.4 Å². The summed E-state index contributed by atoms with van der Waals surface area (Å²) in [5.41, 5.74) is 8.85. The van der Waals surface area contributed by atoms with Crippen LogP contribution in [-0.4, -0.2) is 18.1 Å². The van der Waals surface area contributed by atoms with E-state index in [1.807, 2.05) is 42.3 Å². The summed E-state index contributed by atoms with van der Waals surface area (Å²) in [6.45, 7) is 2.43. The molecular weight excluding hydrogens is 288 g/mol. The Morgan fingerprint density at radius 1 is 1.33 bits per heavy atom. The van der Waals surface area contributed by atoms with Crippen LogP contribution in [0.3, 0.4) is 0 Å². The fraction of sp³-hybridized carbons (Fsp3) is 0.188. The lowest BCUT2D eigenvalue weighted by molar-refractivity contribution is 0.0698. The summed E-state index contributed by atoms with van der Waals surface area (Å²) >= 11 is 5.97. The van der Waals surface area contributed by atoms with Gasteiger partial charge in [-0.15, -0.1) is 0 Å². The number of halogens is 1. The highest BCUT2D eigenvalue weighted by Crippen LogP contribution is 2.26. The normalized spacial score (nSPS) is 10.4. The summed E-state index contributed by atoms with van der Waals surface area (Å²) in [5, 5.41) is 9.89. The zero-order valence-electron chi connectivity index (χ0n) is 11.9. The van der Waals surface area contributed by atoms with Crippen molar-refractivity contribution in [2.75, 3.05) is 17.7 Å². The van der Waals surface area contributed by atoms with E-state index >= 15 is 0 Å². The SMILES string of the molecule is Cc1cc(N(C)Cc2cccc(Cl)c2)cc(C(=O)O)c1N. The first-order chi connectivity index (χ1) is 9.88. The molecule has 0 atom stereocenters. The minimum absolute atomic E-state index is 0.128. The van der Waals surface area contributed by atoms with Crippen LogP contribution in [-0.2, 0) is 6.54 Å². The predicted molar refractivity (Wildman–Crippen MR) is 86.1 cm³/mol. The molecule has 5 heteroatoms. The summed E-state index contributed by atoms with van der Waals surface area (Å²) < 4.78 is 0. The molecule has 0 aliphatic rings. The Kier molecular flexibility index (Phi) is 4.38. The van der Waals surface area contributed by atoms with Gasteiger partial charge in [-0.25, -0.2) is 4.79 Å². The summed E-state index contributed by atoms with van der Waals surface area (Å²) in [6, 6.07) is 11.1. The maximum absolute atomic E-state index is 11.2. The predicted octanol–water partition coefficient (Wildman–Crippen LogP) is 3.57. The lowest BCUT2D eigenvalue weighted by Crippen LogP contribution is -2.17. The van der Waals surface area contributed by atoms with Gasteiger partial charge >= 0.3 is 5.97 Å². The number of carboxylic acids is 1. The van der Waals surface area contributed by atoms with Crippen molar-refractivity contribution >= 4 is 28.9 Å². The smallest absolute Gasteiger partial charge is 0.337 e. The van der Waals surface area contributed by atoms with Crippen molar-refractivity contribution in [2.45, 2.75) is 13.5 Å². The van der Waals surface area contributed by atoms with E-state index in [1.165, 1.54) is 0 Å². The van der Waals surface area contributed by atoms with E-state index in [9.17, 15) is 9.90 Å². The molecule has 0 saturated heterocycles. The molecule has 2 rings (SSSR count). The minimum Gasteiger partial charge on any atom is -0.478 e. The maximum atomic E-state index is 11.2. The van der Waals surface area contributed by atoms with Gasteiger partial charge in [0.1, 0.15) is 0 Å². The molecule has 21 heavy (non-hydrogen) atoms. The highest BCUT2D eigenvalue weighted by atomic mass is 35.5. The van der Waals surface area contributed by atoms with Gasteiger partial charge in [0.25, 0.3) is 0 Å². The highest BCUT2D eigenvalue weighted by molar-refractivity contribution is 6.30. The molecule has 0 aromatic heterocycles. The number of benzene rings is 2. The van der Waals surface area contributed by atoms with E-state index in [4.69, 9.17) is 17.3 Å². The standard InChI is InChI=1S/C16H17ClN2O2/c1-10-6-13(8-14(15(10)18)16(20)21)19(2)9-11-4-3-5-12(17)7-11/h3-8H,9,18H2,1-2H3,(H,20,21). The second kappa shape index (κ2) is 6.06. The number of hydrogen-bond acceptors (Lipinski definition) is 3. The average Bonchev–Trinajstić information content (AvgIpc) is 2.41. The van der Waals surface area contributed by atoms with Gasteiger partial charge < -0.3 is 15.7 Å². The number of hydrogen-bond donors (Lipinski definition) is 2. The van der Waals surface area contributed by atoms with Crippen LogP contribution in [0.15, 0.2) is 36.4 Å². The van der Waals surface area contributed by atoms with Crippen LogP contribution in [0, 0.1) is 6.92 Å². The van der Waals surface area contributed by atoms with Crippen LogP contribution in [0.2, 0.25) is 5.02 Å². The van der Waals surface area contributed by atoms with E-state index < -0.39 is 5.97 Å². The van der Waals surface area contributed by atoms with Crippen molar-refractivity contribution in [1.82, 2.24) is 0 Å². The van der Waals surface area contributed by atoms with Gasteiger partial charge in [0.05, 0.1) is 5.56 Å². The molecule has 110 valence electrons. The highest BCUT2D eigenvalue weighted by Gasteiger charge is 2.13. The molecule has 2 aromatic carbocycles. The first-order valence-corrected chi connectivity index (χ1v) is 6.85. The van der Waals surface area contributed by atoms with E-state index in [1.54, 1.807) is 13.0 Å². The number of carbonyl (C=O) groups is 1. The van der Waals surface area contributed by atoms with E-state index in [0.29, 0.717) is 17.3 Å². The second-order valence-electron chi connectivity index (χ2n) is 5.02. The number of rotatable bonds is 4. The molecule has 0 heterocycles. The van der Waals surface area contributed by atoms with Gasteiger partial charge in [0.15, 0.2) is 0 Å². The van der Waals surface area contributed by atoms with E-state index in [0.717, 1.165) is 16.8 Å². The maximum Gasteiger partial charge on any atom is 0.337 e. The van der Waals surface area contributed by atoms with Gasteiger partial charge in [0, 0.05) is 30.0 Å². The van der Waals surface area contributed by atoms with Crippen LogP contribution in [0.5, 0.6) is 0 Å². The third kappa shape index (κ3) is 3.47. The van der Waals surface area contributed by atoms with E-state index in [2.05, 4.69) is 0 Å². The Bertz CT molecular complexity index is 686. The molecule has 2 aromatic rings. The zero-order chi connectivity index (χ0) is 15.6. The largest absolute Gasteiger partial charge is 0.478 e. The van der Waals surface area contributed by atoms with Crippen molar-refractivity contribution in [3.8, 4) is 0 Å². The molecule has 0 amide bonds. The van der Waals surface area contributed by atoms with Crippen molar-refractivity contribution in [3.63, 3.8) is 0 Å². The summed E-state index contributed by atoms with van der Waals surface area (Å²) in [4.78, 5) is 13.2. The summed E-state index contributed by atoms with van der Waals surface area (Å²) in [7, 11) is 1.90. The number of aryl methyl sites for hydroxylation is 1. The summed E-state index contributed by atoms with van der Waals surface area (Å²) in [6.07, 6.45) is 0. The lowest BCUT2D eigenvalue weighted by atomic mass is 10.1. The average molecular weight is 305 g/mol. The molecule has 0 saturated carbocycles. The zero-order valence-corrected chi connectivity index (χ0v) is 12.7. The number of nitrogen functional groups attached to an aromatic ring is 1. The topological polar surface area (TPSA) is 66.6 Å². The van der Waals surface area contributed by atoms with Crippen LogP contribution >= 0.6 is 11.6 Å². The van der Waals surface area contributed by atoms with Gasteiger partial charge in [0.2, 0.25) is 0 Å². The van der Waals surface area contributed by atoms with Gasteiger partial charge in [-0.3, -0.25) is 0 Å². The van der Waals surface area contributed by atoms with Crippen molar-refractivity contribution in [3.05, 3.63) is 58.1 Å². The van der Waals surface area contributed by atoms with Gasteiger partial charge in [-0.2, -0.15) is 0 Å². The minimum atomic E-state index is -1.02. The van der Waals surface area contributed by atoms with Gasteiger partial charge in [-0.05, 0) is 42.3 Å². The van der Waals surface area contributed by atoms with Crippen molar-refractivity contribution in [1.29, 1.82) is 0 Å². The molecule has 0 radical (unpaired) electrons. The Labute approximate surface area is 128 Å². The number of carboxylic acid groups (broad SMARTS) is 1. The molecule has 4 nitrogen and oxygen atoms in total. The van der Waals surface area contributed by atoms with Crippen LogP contribution in [0.1, 0.15) is 21.5 Å². The van der Waals surface area contributed by atoms with Gasteiger partial charge in [-0.1, -0.05) is 23.7 Å².